The van der Waals surface area contributed by atoms with Crippen molar-refractivity contribution < 1.29 is 24.6 Å². The highest BCUT2D eigenvalue weighted by Crippen LogP contribution is 2.27. The summed E-state index contributed by atoms with van der Waals surface area (Å²) in [5, 5.41) is 16.7. The molecule has 7 N–H and O–H groups in total. The van der Waals surface area contributed by atoms with E-state index < -0.39 is 12.2 Å². The average molecular weight is 349 g/mol. The normalized spacial score (nSPS) is 13.7. The summed E-state index contributed by atoms with van der Waals surface area (Å²) < 4.78 is 0. The molecule has 0 spiro atoms. The lowest BCUT2D eigenvalue weighted by Gasteiger charge is -2.17. The van der Waals surface area contributed by atoms with E-state index in [0.29, 0.717) is 25.1 Å². The minimum atomic E-state index is -1.83. The molecule has 2 rings (SSSR count). The van der Waals surface area contributed by atoms with Crippen molar-refractivity contribution in [2.24, 2.45) is 11.5 Å². The number of fused-ring (bicyclic) bond motifs is 1. The Bertz CT molecular complexity index is 681. The van der Waals surface area contributed by atoms with Gasteiger partial charge in [-0.2, -0.15) is 0 Å². The molecule has 0 aliphatic heterocycles. The Morgan fingerprint density at radius 3 is 2.56 bits per heavy atom. The topological polar surface area (TPSA) is 156 Å². The summed E-state index contributed by atoms with van der Waals surface area (Å²) in [4.78, 5) is 32.1. The number of rotatable bonds is 5. The first-order valence-corrected chi connectivity index (χ1v) is 7.77. The summed E-state index contributed by atoms with van der Waals surface area (Å²) in [6, 6.07) is 5.04. The van der Waals surface area contributed by atoms with E-state index in [1.807, 2.05) is 25.1 Å². The average Bonchev–Trinajstić information content (AvgIpc) is 2.51. The molecule has 0 heterocycles. The Hall–Kier alpha value is -2.71. The molecule has 136 valence electrons. The first-order valence-electron chi connectivity index (χ1n) is 7.77. The second-order valence-corrected chi connectivity index (χ2v) is 5.65. The molecule has 25 heavy (non-hydrogen) atoms. The number of ketones is 1. The number of hydrogen-bond acceptors (Lipinski definition) is 5. The van der Waals surface area contributed by atoms with Crippen LogP contribution >= 0.6 is 0 Å². The smallest absolute Gasteiger partial charge is 0.450 e. The van der Waals surface area contributed by atoms with Crippen LogP contribution in [0, 0.1) is 0 Å². The van der Waals surface area contributed by atoms with Crippen LogP contribution in [-0.4, -0.2) is 40.6 Å². The molecule has 1 aromatic rings. The van der Waals surface area contributed by atoms with Crippen molar-refractivity contribution in [1.29, 1.82) is 0 Å². The van der Waals surface area contributed by atoms with E-state index in [1.165, 1.54) is 0 Å². The summed E-state index contributed by atoms with van der Waals surface area (Å²) in [5.74, 6) is -0.138. The summed E-state index contributed by atoms with van der Waals surface area (Å²) >= 11 is 0. The number of carbonyl (C=O) groups is 3. The van der Waals surface area contributed by atoms with Crippen molar-refractivity contribution in [3.63, 3.8) is 0 Å². The lowest BCUT2D eigenvalue weighted by Crippen LogP contribution is -2.36. The van der Waals surface area contributed by atoms with Crippen LogP contribution in [0.2, 0.25) is 0 Å². The number of amides is 1. The fraction of sp³-hybridized carbons (Fsp3) is 0.353. The van der Waals surface area contributed by atoms with E-state index in [1.54, 1.807) is 6.08 Å². The van der Waals surface area contributed by atoms with Crippen molar-refractivity contribution in [3.8, 4) is 0 Å². The van der Waals surface area contributed by atoms with Crippen molar-refractivity contribution >= 4 is 29.1 Å². The van der Waals surface area contributed by atoms with Crippen LogP contribution in [-0.2, 0) is 16.0 Å². The predicted octanol–water partition coefficient (Wildman–Crippen LogP) is 1.44. The van der Waals surface area contributed by atoms with Gasteiger partial charge in [0.05, 0.1) is 6.04 Å². The maximum absolute atomic E-state index is 12.0. The van der Waals surface area contributed by atoms with Crippen LogP contribution in [0.3, 0.4) is 0 Å². The molecule has 0 bridgehead atoms. The third kappa shape index (κ3) is 6.74. The minimum absolute atomic E-state index is 0.0862. The second kappa shape index (κ2) is 9.55. The van der Waals surface area contributed by atoms with Gasteiger partial charge in [0.25, 0.3) is 0 Å². The van der Waals surface area contributed by atoms with Crippen LogP contribution in [0.4, 0.5) is 10.5 Å². The standard InChI is InChI=1S/C16H21N3O2.CH2O3/c1-10-7-13(20)9-11-8-12(4-5-14(10)11)19-16(21)15(18)3-2-6-17;2-1(3)4/h4-5,7-8,15H,2-3,6,9,17-18H2,1H3,(H,19,21);(H2,2,3,4). The van der Waals surface area contributed by atoms with Gasteiger partial charge in [-0.3, -0.25) is 9.59 Å². The van der Waals surface area contributed by atoms with E-state index in [2.05, 4.69) is 5.32 Å². The SMILES string of the molecule is CC1=CC(=O)Cc2cc(NC(=O)C(N)CCCN)ccc21.O=C(O)O. The van der Waals surface area contributed by atoms with Gasteiger partial charge in [0, 0.05) is 12.1 Å². The van der Waals surface area contributed by atoms with Gasteiger partial charge in [-0.05, 0) is 61.2 Å². The maximum Gasteiger partial charge on any atom is 0.503 e. The first-order chi connectivity index (χ1) is 11.7. The van der Waals surface area contributed by atoms with Gasteiger partial charge in [-0.25, -0.2) is 4.79 Å². The van der Waals surface area contributed by atoms with Crippen molar-refractivity contribution in [1.82, 2.24) is 0 Å². The Morgan fingerprint density at radius 1 is 1.32 bits per heavy atom. The Morgan fingerprint density at radius 2 is 1.96 bits per heavy atom. The van der Waals surface area contributed by atoms with Gasteiger partial charge in [0.1, 0.15) is 0 Å². The maximum atomic E-state index is 12.0. The summed E-state index contributed by atoms with van der Waals surface area (Å²) in [6.07, 6.45) is 1.48. The third-order valence-corrected chi connectivity index (χ3v) is 3.60. The van der Waals surface area contributed by atoms with Crippen LogP contribution in [0.5, 0.6) is 0 Å². The number of hydrogen-bond donors (Lipinski definition) is 5. The summed E-state index contributed by atoms with van der Waals surface area (Å²) in [6.45, 7) is 2.43. The molecule has 0 fully saturated rings. The molecule has 1 atom stereocenters. The highest BCUT2D eigenvalue weighted by molar-refractivity contribution is 6.02. The number of allylic oxidation sites excluding steroid dienone is 2. The quantitative estimate of drug-likeness (QED) is 0.538. The largest absolute Gasteiger partial charge is 0.503 e. The first kappa shape index (κ1) is 20.3. The molecule has 1 aliphatic rings. The van der Waals surface area contributed by atoms with E-state index in [9.17, 15) is 9.59 Å². The number of carboxylic acid groups (broad SMARTS) is 2. The Balaban J connectivity index is 0.000000705. The molecule has 8 heteroatoms. The monoisotopic (exact) mass is 349 g/mol. The Labute approximate surface area is 145 Å². The Kier molecular flexibility index (Phi) is 7.77. The zero-order valence-electron chi connectivity index (χ0n) is 14.0. The fourth-order valence-electron chi connectivity index (χ4n) is 2.46. The van der Waals surface area contributed by atoms with E-state index in [4.69, 9.17) is 26.5 Å². The van der Waals surface area contributed by atoms with Crippen LogP contribution < -0.4 is 16.8 Å². The lowest BCUT2D eigenvalue weighted by atomic mass is 9.90. The van der Waals surface area contributed by atoms with Gasteiger partial charge in [-0.15, -0.1) is 0 Å². The second-order valence-electron chi connectivity index (χ2n) is 5.65. The van der Waals surface area contributed by atoms with Crippen LogP contribution in [0.25, 0.3) is 5.57 Å². The molecule has 1 aliphatic carbocycles. The van der Waals surface area contributed by atoms with Gasteiger partial charge in [0.2, 0.25) is 5.91 Å². The predicted molar refractivity (Wildman–Crippen MR) is 94.4 cm³/mol. The number of carbonyl (C=O) groups excluding carboxylic acids is 2. The van der Waals surface area contributed by atoms with Gasteiger partial charge in [-0.1, -0.05) is 6.07 Å². The van der Waals surface area contributed by atoms with Crippen molar-refractivity contribution in [2.45, 2.75) is 32.2 Å². The van der Waals surface area contributed by atoms with Crippen molar-refractivity contribution in [3.05, 3.63) is 35.4 Å². The highest BCUT2D eigenvalue weighted by atomic mass is 16.6. The molecule has 1 unspecified atom stereocenters. The van der Waals surface area contributed by atoms with Crippen LogP contribution in [0.15, 0.2) is 24.3 Å². The molecule has 0 saturated carbocycles. The molecule has 0 aromatic heterocycles. The molecule has 1 aromatic carbocycles. The molecule has 8 nitrogen and oxygen atoms in total. The highest BCUT2D eigenvalue weighted by Gasteiger charge is 2.17. The van der Waals surface area contributed by atoms with Crippen LogP contribution in [0.1, 0.15) is 30.9 Å². The van der Waals surface area contributed by atoms with Crippen molar-refractivity contribution in [2.75, 3.05) is 11.9 Å². The number of benzene rings is 1. The number of anilines is 1. The summed E-state index contributed by atoms with van der Waals surface area (Å²) in [5.41, 5.74) is 14.8. The van der Waals surface area contributed by atoms with Gasteiger partial charge >= 0.3 is 6.16 Å². The molecule has 0 radical (unpaired) electrons. The molecular formula is C17H23N3O5. The van der Waals surface area contributed by atoms with E-state index in [0.717, 1.165) is 23.1 Å². The molecule has 1 amide bonds. The lowest BCUT2D eigenvalue weighted by molar-refractivity contribution is -0.117. The number of nitrogens with two attached hydrogens (primary N) is 2. The zero-order valence-corrected chi connectivity index (χ0v) is 14.0. The van der Waals surface area contributed by atoms with E-state index in [-0.39, 0.29) is 11.7 Å². The minimum Gasteiger partial charge on any atom is -0.450 e. The zero-order chi connectivity index (χ0) is 19.0. The summed E-state index contributed by atoms with van der Waals surface area (Å²) in [7, 11) is 0. The number of nitrogens with one attached hydrogen (secondary N) is 1. The third-order valence-electron chi connectivity index (χ3n) is 3.60. The molecular weight excluding hydrogens is 326 g/mol. The fourth-order valence-corrected chi connectivity index (χ4v) is 2.46. The van der Waals surface area contributed by atoms with Gasteiger partial charge in [0.15, 0.2) is 5.78 Å². The van der Waals surface area contributed by atoms with Gasteiger partial charge < -0.3 is 27.0 Å². The van der Waals surface area contributed by atoms with E-state index >= 15 is 0 Å². The molecule has 0 saturated heterocycles.